The van der Waals surface area contributed by atoms with Crippen molar-refractivity contribution in [3.63, 3.8) is 0 Å². The Morgan fingerprint density at radius 2 is 2.15 bits per heavy atom. The molecule has 0 aliphatic carbocycles. The quantitative estimate of drug-likeness (QED) is 0.697. The summed E-state index contributed by atoms with van der Waals surface area (Å²) < 4.78 is 8.13. The first kappa shape index (κ1) is 17.6. The van der Waals surface area contributed by atoms with Crippen LogP contribution in [0.2, 0.25) is 5.02 Å². The van der Waals surface area contributed by atoms with Gasteiger partial charge in [-0.05, 0) is 37.1 Å². The van der Waals surface area contributed by atoms with Gasteiger partial charge in [0.25, 0.3) is 5.56 Å². The predicted molar refractivity (Wildman–Crippen MR) is 97.9 cm³/mol. The molecule has 1 unspecified atom stereocenters. The summed E-state index contributed by atoms with van der Waals surface area (Å²) in [5, 5.41) is 11.3. The molecule has 0 spiro atoms. The molecule has 1 fully saturated rings. The lowest BCUT2D eigenvalue weighted by Crippen LogP contribution is -2.36. The number of carbonyl (C=O) groups is 1. The van der Waals surface area contributed by atoms with E-state index in [1.54, 1.807) is 24.3 Å². The number of aromatic nitrogens is 5. The zero-order valence-corrected chi connectivity index (χ0v) is 15.1. The molecule has 1 aromatic carbocycles. The number of ether oxygens (including phenoxy) is 1. The molecule has 3 aromatic rings. The first-order chi connectivity index (χ1) is 13.1. The van der Waals surface area contributed by atoms with Gasteiger partial charge in [0.05, 0.1) is 11.8 Å². The summed E-state index contributed by atoms with van der Waals surface area (Å²) in [6.45, 7) is 1.03. The van der Waals surface area contributed by atoms with Crippen molar-refractivity contribution in [3.8, 4) is 5.69 Å². The molecule has 1 N–H and O–H groups in total. The third-order valence-electron chi connectivity index (χ3n) is 4.37. The van der Waals surface area contributed by atoms with Crippen LogP contribution in [0.15, 0.2) is 35.4 Å². The summed E-state index contributed by atoms with van der Waals surface area (Å²) in [5.74, 6) is -0.279. The van der Waals surface area contributed by atoms with Gasteiger partial charge in [-0.2, -0.15) is 4.68 Å². The lowest BCUT2D eigenvalue weighted by molar-refractivity contribution is -0.122. The highest BCUT2D eigenvalue weighted by molar-refractivity contribution is 6.30. The smallest absolute Gasteiger partial charge is 0.284 e. The van der Waals surface area contributed by atoms with Gasteiger partial charge in [0.2, 0.25) is 5.91 Å². The minimum absolute atomic E-state index is 0.0468. The van der Waals surface area contributed by atoms with Crippen LogP contribution in [0.4, 0.5) is 0 Å². The Morgan fingerprint density at radius 3 is 2.89 bits per heavy atom. The molecule has 1 saturated heterocycles. The molecular weight excluding hydrogens is 372 g/mol. The standard InChI is InChI=1S/C17H17ClN6O3/c18-11-3-5-12(6-4-11)24-16-15(21-22-24)17(26)23(10-20-16)9-14(25)19-8-13-2-1-7-27-13/h3-6,10,13H,1-2,7-9H2,(H,19,25). The second kappa shape index (κ2) is 7.45. The van der Waals surface area contributed by atoms with E-state index in [2.05, 4.69) is 20.6 Å². The van der Waals surface area contributed by atoms with Crippen molar-refractivity contribution in [1.82, 2.24) is 29.9 Å². The number of amides is 1. The van der Waals surface area contributed by atoms with Gasteiger partial charge in [-0.1, -0.05) is 16.8 Å². The van der Waals surface area contributed by atoms with Gasteiger partial charge < -0.3 is 10.1 Å². The highest BCUT2D eigenvalue weighted by Crippen LogP contribution is 2.15. The van der Waals surface area contributed by atoms with Crippen LogP contribution < -0.4 is 10.9 Å². The second-order valence-corrected chi connectivity index (χ2v) is 6.70. The third-order valence-corrected chi connectivity index (χ3v) is 4.62. The fraction of sp³-hybridized carbons (Fsp3) is 0.353. The topological polar surface area (TPSA) is 104 Å². The van der Waals surface area contributed by atoms with Crippen LogP contribution in [0.3, 0.4) is 0 Å². The van der Waals surface area contributed by atoms with Crippen LogP contribution in [-0.4, -0.2) is 49.7 Å². The molecule has 140 valence electrons. The Bertz CT molecular complexity index is 1020. The van der Waals surface area contributed by atoms with Crippen molar-refractivity contribution < 1.29 is 9.53 Å². The van der Waals surface area contributed by atoms with Gasteiger partial charge in [-0.15, -0.1) is 5.10 Å². The molecule has 27 heavy (non-hydrogen) atoms. The minimum atomic E-state index is -0.424. The molecule has 1 aliphatic rings. The number of nitrogens with zero attached hydrogens (tertiary/aromatic N) is 5. The third kappa shape index (κ3) is 3.69. The van der Waals surface area contributed by atoms with Crippen LogP contribution in [0.5, 0.6) is 0 Å². The summed E-state index contributed by atoms with van der Waals surface area (Å²) in [4.78, 5) is 29.0. The molecule has 10 heteroatoms. The molecule has 1 aliphatic heterocycles. The molecule has 4 rings (SSSR count). The molecule has 2 aromatic heterocycles. The van der Waals surface area contributed by atoms with E-state index in [0.717, 1.165) is 19.4 Å². The number of hydrogen-bond donors (Lipinski definition) is 1. The molecule has 1 amide bonds. The van der Waals surface area contributed by atoms with Crippen molar-refractivity contribution in [3.05, 3.63) is 46.0 Å². The van der Waals surface area contributed by atoms with E-state index in [1.165, 1.54) is 15.6 Å². The Kier molecular flexibility index (Phi) is 4.87. The second-order valence-electron chi connectivity index (χ2n) is 6.27. The maximum Gasteiger partial charge on any atom is 0.284 e. The molecule has 1 atom stereocenters. The minimum Gasteiger partial charge on any atom is -0.376 e. The van der Waals surface area contributed by atoms with Crippen LogP contribution in [-0.2, 0) is 16.1 Å². The Labute approximate surface area is 158 Å². The first-order valence-electron chi connectivity index (χ1n) is 8.57. The zero-order valence-electron chi connectivity index (χ0n) is 14.3. The van der Waals surface area contributed by atoms with Crippen LogP contribution >= 0.6 is 11.6 Å². The largest absolute Gasteiger partial charge is 0.376 e. The van der Waals surface area contributed by atoms with Crippen LogP contribution in [0, 0.1) is 0 Å². The number of halogens is 1. The van der Waals surface area contributed by atoms with Crippen LogP contribution in [0.25, 0.3) is 16.9 Å². The van der Waals surface area contributed by atoms with E-state index < -0.39 is 5.56 Å². The summed E-state index contributed by atoms with van der Waals surface area (Å²) in [6.07, 6.45) is 3.31. The average molecular weight is 389 g/mol. The van der Waals surface area contributed by atoms with Gasteiger partial charge in [0.15, 0.2) is 11.2 Å². The van der Waals surface area contributed by atoms with E-state index >= 15 is 0 Å². The van der Waals surface area contributed by atoms with E-state index in [4.69, 9.17) is 16.3 Å². The molecular formula is C17H17ClN6O3. The normalized spacial score (nSPS) is 16.7. The highest BCUT2D eigenvalue weighted by Gasteiger charge is 2.18. The molecule has 0 bridgehead atoms. The zero-order chi connectivity index (χ0) is 18.8. The van der Waals surface area contributed by atoms with Gasteiger partial charge in [-0.3, -0.25) is 14.2 Å². The van der Waals surface area contributed by atoms with Crippen molar-refractivity contribution in [2.75, 3.05) is 13.2 Å². The summed E-state index contributed by atoms with van der Waals surface area (Å²) in [5.41, 5.74) is 0.672. The SMILES string of the molecule is O=C(Cn1cnc2c(nnn2-c2ccc(Cl)cc2)c1=O)NCC1CCCO1. The Morgan fingerprint density at radius 1 is 1.33 bits per heavy atom. The number of hydrogen-bond acceptors (Lipinski definition) is 6. The van der Waals surface area contributed by atoms with E-state index in [9.17, 15) is 9.59 Å². The van der Waals surface area contributed by atoms with Crippen molar-refractivity contribution in [1.29, 1.82) is 0 Å². The van der Waals surface area contributed by atoms with Crippen molar-refractivity contribution in [2.45, 2.75) is 25.5 Å². The first-order valence-corrected chi connectivity index (χ1v) is 8.95. The van der Waals surface area contributed by atoms with E-state index in [1.807, 2.05) is 0 Å². The fourth-order valence-corrected chi connectivity index (χ4v) is 3.08. The van der Waals surface area contributed by atoms with Crippen LogP contribution in [0.1, 0.15) is 12.8 Å². The molecule has 0 radical (unpaired) electrons. The molecule has 3 heterocycles. The summed E-state index contributed by atoms with van der Waals surface area (Å²) in [7, 11) is 0. The van der Waals surface area contributed by atoms with Crippen molar-refractivity contribution >= 4 is 28.7 Å². The fourth-order valence-electron chi connectivity index (χ4n) is 2.96. The number of nitrogens with one attached hydrogen (secondary N) is 1. The lowest BCUT2D eigenvalue weighted by atomic mass is 10.2. The van der Waals surface area contributed by atoms with E-state index in [0.29, 0.717) is 22.9 Å². The number of carbonyl (C=O) groups excluding carboxylic acids is 1. The number of fused-ring (bicyclic) bond motifs is 1. The van der Waals surface area contributed by atoms with Gasteiger partial charge in [0, 0.05) is 18.2 Å². The Hall–Kier alpha value is -2.78. The Balaban J connectivity index is 1.53. The molecule has 0 saturated carbocycles. The van der Waals surface area contributed by atoms with Crippen molar-refractivity contribution in [2.24, 2.45) is 0 Å². The maximum absolute atomic E-state index is 12.6. The highest BCUT2D eigenvalue weighted by atomic mass is 35.5. The lowest BCUT2D eigenvalue weighted by Gasteiger charge is -2.11. The van der Waals surface area contributed by atoms with Gasteiger partial charge in [0.1, 0.15) is 12.9 Å². The molecule has 9 nitrogen and oxygen atoms in total. The maximum atomic E-state index is 12.6. The number of benzene rings is 1. The van der Waals surface area contributed by atoms with Gasteiger partial charge in [-0.25, -0.2) is 4.98 Å². The van der Waals surface area contributed by atoms with Gasteiger partial charge >= 0.3 is 0 Å². The number of rotatable bonds is 5. The summed E-state index contributed by atoms with van der Waals surface area (Å²) in [6, 6.07) is 6.93. The van der Waals surface area contributed by atoms with E-state index in [-0.39, 0.29) is 24.1 Å². The monoisotopic (exact) mass is 388 g/mol. The summed E-state index contributed by atoms with van der Waals surface area (Å²) >= 11 is 5.89. The predicted octanol–water partition coefficient (Wildman–Crippen LogP) is 0.926. The average Bonchev–Trinajstić information content (AvgIpc) is 3.33.